The molecule has 1 aromatic heterocycles. The first-order valence-electron chi connectivity index (χ1n) is 3.69. The summed E-state index contributed by atoms with van der Waals surface area (Å²) in [6.45, 7) is -0.148. The molecular formula is C7H8IN3O3. The molecule has 0 saturated heterocycles. The zero-order valence-corrected chi connectivity index (χ0v) is 9.49. The summed E-state index contributed by atoms with van der Waals surface area (Å²) in [6.07, 6.45) is 1.52. The topological polar surface area (TPSA) is 84.1 Å². The highest BCUT2D eigenvalue weighted by atomic mass is 127. The van der Waals surface area contributed by atoms with Crippen molar-refractivity contribution in [2.24, 2.45) is 0 Å². The van der Waals surface area contributed by atoms with Crippen molar-refractivity contribution in [2.75, 3.05) is 13.7 Å². The maximum absolute atomic E-state index is 11.4. The summed E-state index contributed by atoms with van der Waals surface area (Å²) in [5, 5.41) is 8.59. The minimum absolute atomic E-state index is 0.148. The number of carbonyl (C=O) groups is 2. The van der Waals surface area contributed by atoms with Crippen molar-refractivity contribution in [3.63, 3.8) is 0 Å². The molecule has 0 atom stereocenters. The smallest absolute Gasteiger partial charge is 0.325 e. The SMILES string of the molecule is COC(=O)CNC(=O)c1[nH]ncc1I. The molecule has 0 bridgehead atoms. The monoisotopic (exact) mass is 309 g/mol. The lowest BCUT2D eigenvalue weighted by atomic mass is 10.4. The number of methoxy groups -OCH3 is 1. The van der Waals surface area contributed by atoms with Gasteiger partial charge in [0.1, 0.15) is 12.2 Å². The second-order valence-corrected chi connectivity index (χ2v) is 3.51. The number of nitrogens with zero attached hydrogens (tertiary/aromatic N) is 1. The van der Waals surface area contributed by atoms with Crippen molar-refractivity contribution in [3.05, 3.63) is 15.5 Å². The molecule has 0 fully saturated rings. The molecule has 6 nitrogen and oxygen atoms in total. The molecule has 1 rings (SSSR count). The lowest BCUT2D eigenvalue weighted by Gasteiger charge is -2.01. The maximum atomic E-state index is 11.4. The van der Waals surface area contributed by atoms with Crippen molar-refractivity contribution in [1.29, 1.82) is 0 Å². The highest BCUT2D eigenvalue weighted by molar-refractivity contribution is 14.1. The molecule has 1 amide bonds. The van der Waals surface area contributed by atoms with Gasteiger partial charge in [0.05, 0.1) is 16.9 Å². The lowest BCUT2D eigenvalue weighted by molar-refractivity contribution is -0.139. The molecule has 0 aliphatic carbocycles. The number of aromatic nitrogens is 2. The number of esters is 1. The number of hydrogen-bond acceptors (Lipinski definition) is 4. The quantitative estimate of drug-likeness (QED) is 0.604. The van der Waals surface area contributed by atoms with Crippen molar-refractivity contribution < 1.29 is 14.3 Å². The van der Waals surface area contributed by atoms with E-state index in [0.29, 0.717) is 9.26 Å². The van der Waals surface area contributed by atoms with Gasteiger partial charge in [0.15, 0.2) is 0 Å². The Labute approximate surface area is 93.5 Å². The van der Waals surface area contributed by atoms with Crippen molar-refractivity contribution in [1.82, 2.24) is 15.5 Å². The van der Waals surface area contributed by atoms with Crippen molar-refractivity contribution in [2.45, 2.75) is 0 Å². The first kappa shape index (κ1) is 11.0. The van der Waals surface area contributed by atoms with E-state index >= 15 is 0 Å². The Morgan fingerprint density at radius 3 is 2.93 bits per heavy atom. The molecule has 76 valence electrons. The fourth-order valence-corrected chi connectivity index (χ4v) is 1.25. The van der Waals surface area contributed by atoms with Crippen LogP contribution in [0.5, 0.6) is 0 Å². The van der Waals surface area contributed by atoms with Crippen LogP contribution in [0.2, 0.25) is 0 Å². The fraction of sp³-hybridized carbons (Fsp3) is 0.286. The van der Waals surface area contributed by atoms with E-state index in [0.717, 1.165) is 0 Å². The number of ether oxygens (including phenoxy) is 1. The van der Waals surface area contributed by atoms with Gasteiger partial charge in [-0.2, -0.15) is 5.10 Å². The molecule has 0 unspecified atom stereocenters. The minimum atomic E-state index is -0.493. The third-order valence-electron chi connectivity index (χ3n) is 1.44. The van der Waals surface area contributed by atoms with Crippen LogP contribution in [-0.2, 0) is 9.53 Å². The second-order valence-electron chi connectivity index (χ2n) is 2.35. The maximum Gasteiger partial charge on any atom is 0.325 e. The normalized spacial score (nSPS) is 9.57. The van der Waals surface area contributed by atoms with E-state index in [-0.39, 0.29) is 12.5 Å². The number of carbonyl (C=O) groups excluding carboxylic acids is 2. The standard InChI is InChI=1S/C7H8IN3O3/c1-14-5(12)3-9-7(13)6-4(8)2-10-11-6/h2H,3H2,1H3,(H,9,13)(H,10,11). The zero-order chi connectivity index (χ0) is 10.6. The van der Waals surface area contributed by atoms with Gasteiger partial charge < -0.3 is 10.1 Å². The first-order chi connectivity index (χ1) is 6.65. The number of hydrogen-bond donors (Lipinski definition) is 2. The van der Waals surface area contributed by atoms with E-state index < -0.39 is 5.97 Å². The zero-order valence-electron chi connectivity index (χ0n) is 7.33. The Morgan fingerprint density at radius 2 is 2.43 bits per heavy atom. The van der Waals surface area contributed by atoms with Gasteiger partial charge in [0.25, 0.3) is 5.91 Å². The Balaban J connectivity index is 2.52. The largest absolute Gasteiger partial charge is 0.468 e. The molecule has 0 saturated carbocycles. The Kier molecular flexibility index (Phi) is 3.86. The molecule has 0 aromatic carbocycles. The van der Waals surface area contributed by atoms with Gasteiger partial charge in [-0.25, -0.2) is 0 Å². The summed E-state index contributed by atoms with van der Waals surface area (Å²) in [5.74, 6) is -0.870. The number of nitrogens with one attached hydrogen (secondary N) is 2. The van der Waals surface area contributed by atoms with Gasteiger partial charge in [-0.3, -0.25) is 14.7 Å². The predicted octanol–water partition coefficient (Wildman–Crippen LogP) is -0.0829. The van der Waals surface area contributed by atoms with Crippen LogP contribution >= 0.6 is 22.6 Å². The Morgan fingerprint density at radius 1 is 1.71 bits per heavy atom. The van der Waals surface area contributed by atoms with E-state index in [2.05, 4.69) is 20.3 Å². The molecule has 1 aromatic rings. The second kappa shape index (κ2) is 4.94. The third-order valence-corrected chi connectivity index (χ3v) is 2.26. The molecule has 1 heterocycles. The summed E-state index contributed by atoms with van der Waals surface area (Å²) < 4.78 is 5.07. The fourth-order valence-electron chi connectivity index (χ4n) is 0.744. The molecule has 14 heavy (non-hydrogen) atoms. The first-order valence-corrected chi connectivity index (χ1v) is 4.77. The number of halogens is 1. The summed E-state index contributed by atoms with van der Waals surface area (Å²) in [7, 11) is 1.26. The van der Waals surface area contributed by atoms with Crippen molar-refractivity contribution in [3.8, 4) is 0 Å². The van der Waals surface area contributed by atoms with Gasteiger partial charge in [-0.05, 0) is 22.6 Å². The van der Waals surface area contributed by atoms with Gasteiger partial charge >= 0.3 is 5.97 Å². The van der Waals surface area contributed by atoms with Crippen LogP contribution in [0.3, 0.4) is 0 Å². The van der Waals surface area contributed by atoms with Crippen LogP contribution in [0.4, 0.5) is 0 Å². The Hall–Kier alpha value is -1.12. The molecule has 0 aliphatic rings. The van der Waals surface area contributed by atoms with Gasteiger partial charge in [0.2, 0.25) is 0 Å². The number of rotatable bonds is 3. The van der Waals surface area contributed by atoms with Crippen molar-refractivity contribution >= 4 is 34.5 Å². The van der Waals surface area contributed by atoms with Gasteiger partial charge in [0, 0.05) is 0 Å². The van der Waals surface area contributed by atoms with Crippen LogP contribution < -0.4 is 5.32 Å². The molecular weight excluding hydrogens is 301 g/mol. The lowest BCUT2D eigenvalue weighted by Crippen LogP contribution is -2.30. The Bertz CT molecular complexity index is 350. The predicted molar refractivity (Wildman–Crippen MR) is 55.7 cm³/mol. The van der Waals surface area contributed by atoms with E-state index in [1.54, 1.807) is 0 Å². The summed E-state index contributed by atoms with van der Waals surface area (Å²) in [5.41, 5.74) is 0.342. The van der Waals surface area contributed by atoms with Crippen LogP contribution in [0, 0.1) is 3.57 Å². The van der Waals surface area contributed by atoms with Crippen LogP contribution in [0.25, 0.3) is 0 Å². The summed E-state index contributed by atoms with van der Waals surface area (Å²) in [4.78, 5) is 22.1. The molecule has 2 N–H and O–H groups in total. The van der Waals surface area contributed by atoms with Crippen LogP contribution in [0.1, 0.15) is 10.5 Å². The highest BCUT2D eigenvalue weighted by Crippen LogP contribution is 2.06. The van der Waals surface area contributed by atoms with Gasteiger partial charge in [-0.15, -0.1) is 0 Å². The van der Waals surface area contributed by atoms with E-state index in [4.69, 9.17) is 0 Å². The summed E-state index contributed by atoms with van der Waals surface area (Å²) >= 11 is 1.97. The van der Waals surface area contributed by atoms with Gasteiger partial charge in [-0.1, -0.05) is 0 Å². The number of H-pyrrole nitrogens is 1. The van der Waals surface area contributed by atoms with E-state index in [9.17, 15) is 9.59 Å². The third kappa shape index (κ3) is 2.69. The molecule has 7 heteroatoms. The van der Waals surface area contributed by atoms with Crippen LogP contribution in [-0.4, -0.2) is 35.7 Å². The average Bonchev–Trinajstić information content (AvgIpc) is 2.60. The molecule has 0 aliphatic heterocycles. The van der Waals surface area contributed by atoms with E-state index in [1.807, 2.05) is 22.6 Å². The van der Waals surface area contributed by atoms with Crippen LogP contribution in [0.15, 0.2) is 6.20 Å². The summed E-state index contributed by atoms with van der Waals surface area (Å²) in [6, 6.07) is 0. The number of aromatic amines is 1. The molecule has 0 spiro atoms. The highest BCUT2D eigenvalue weighted by Gasteiger charge is 2.12. The average molecular weight is 309 g/mol. The minimum Gasteiger partial charge on any atom is -0.468 e. The number of amides is 1. The molecule has 0 radical (unpaired) electrons. The van der Waals surface area contributed by atoms with E-state index in [1.165, 1.54) is 13.3 Å².